The van der Waals surface area contributed by atoms with Crippen molar-refractivity contribution in [2.45, 2.75) is 32.7 Å². The third-order valence-electron chi connectivity index (χ3n) is 5.38. The molecule has 31 heavy (non-hydrogen) atoms. The van der Waals surface area contributed by atoms with Crippen molar-refractivity contribution in [3.63, 3.8) is 0 Å². The van der Waals surface area contributed by atoms with Gasteiger partial charge in [-0.1, -0.05) is 31.5 Å². The summed E-state index contributed by atoms with van der Waals surface area (Å²) in [6.07, 6.45) is 5.52. The third kappa shape index (κ3) is 4.63. The number of esters is 1. The van der Waals surface area contributed by atoms with E-state index in [4.69, 9.17) is 9.47 Å². The summed E-state index contributed by atoms with van der Waals surface area (Å²) >= 11 is 0. The molecule has 0 amide bonds. The lowest BCUT2D eigenvalue weighted by molar-refractivity contribution is -0.132. The number of fused-ring (bicyclic) bond motifs is 1. The SMILES string of the molecule is CCCC(c1ccc(C(=O)OC)cc1OC)n1ccc2ccc(/C=C(\C)C(=O)O)cc21. The predicted molar refractivity (Wildman–Crippen MR) is 121 cm³/mol. The van der Waals surface area contributed by atoms with Crippen molar-refractivity contribution in [3.8, 4) is 5.75 Å². The van der Waals surface area contributed by atoms with Gasteiger partial charge in [-0.15, -0.1) is 0 Å². The summed E-state index contributed by atoms with van der Waals surface area (Å²) in [7, 11) is 2.95. The molecule has 6 nitrogen and oxygen atoms in total. The maximum Gasteiger partial charge on any atom is 0.337 e. The van der Waals surface area contributed by atoms with Gasteiger partial charge in [0.2, 0.25) is 0 Å². The molecule has 2 aromatic carbocycles. The number of ether oxygens (including phenoxy) is 2. The van der Waals surface area contributed by atoms with Crippen LogP contribution in [0.15, 0.2) is 54.2 Å². The molecule has 0 saturated heterocycles. The largest absolute Gasteiger partial charge is 0.496 e. The molecule has 162 valence electrons. The molecule has 0 saturated carbocycles. The molecule has 0 aliphatic rings. The molecular weight excluding hydrogens is 394 g/mol. The number of carboxylic acid groups (broad SMARTS) is 1. The molecule has 1 atom stereocenters. The van der Waals surface area contributed by atoms with E-state index in [-0.39, 0.29) is 11.6 Å². The first-order valence-corrected chi connectivity index (χ1v) is 10.2. The van der Waals surface area contributed by atoms with E-state index < -0.39 is 11.9 Å². The maximum absolute atomic E-state index is 11.9. The molecule has 3 rings (SSSR count). The lowest BCUT2D eigenvalue weighted by Gasteiger charge is -2.23. The summed E-state index contributed by atoms with van der Waals surface area (Å²) in [6.45, 7) is 3.71. The smallest absolute Gasteiger partial charge is 0.337 e. The molecule has 1 aromatic heterocycles. The molecule has 6 heteroatoms. The zero-order chi connectivity index (χ0) is 22.5. The second-order valence-corrected chi connectivity index (χ2v) is 7.43. The molecule has 1 unspecified atom stereocenters. The van der Waals surface area contributed by atoms with Gasteiger partial charge in [-0.05, 0) is 54.6 Å². The van der Waals surface area contributed by atoms with Crippen LogP contribution in [0.2, 0.25) is 0 Å². The maximum atomic E-state index is 11.9. The second-order valence-electron chi connectivity index (χ2n) is 7.43. The van der Waals surface area contributed by atoms with Gasteiger partial charge in [0.15, 0.2) is 0 Å². The fraction of sp³-hybridized carbons (Fsp3) is 0.280. The van der Waals surface area contributed by atoms with Gasteiger partial charge in [-0.25, -0.2) is 9.59 Å². The minimum atomic E-state index is -0.935. The van der Waals surface area contributed by atoms with Gasteiger partial charge in [0.25, 0.3) is 0 Å². The van der Waals surface area contributed by atoms with Crippen LogP contribution in [-0.4, -0.2) is 35.8 Å². The number of carbonyl (C=O) groups excluding carboxylic acids is 1. The molecule has 0 bridgehead atoms. The summed E-state index contributed by atoms with van der Waals surface area (Å²) in [6, 6.07) is 13.3. The van der Waals surface area contributed by atoms with E-state index in [9.17, 15) is 14.7 Å². The molecule has 1 heterocycles. The standard InChI is InChI=1S/C25H27NO5/c1-5-6-21(20-10-9-19(25(29)31-4)15-23(20)30-3)26-12-11-18-8-7-17(14-22(18)26)13-16(2)24(27)28/h7-15,21H,5-6H2,1-4H3,(H,27,28)/b16-13+. The van der Waals surface area contributed by atoms with Crippen molar-refractivity contribution in [3.05, 3.63) is 70.9 Å². The van der Waals surface area contributed by atoms with Gasteiger partial charge in [0.05, 0.1) is 25.8 Å². The summed E-state index contributed by atoms with van der Waals surface area (Å²) in [5.41, 5.74) is 3.52. The van der Waals surface area contributed by atoms with E-state index in [0.29, 0.717) is 11.3 Å². The monoisotopic (exact) mass is 421 g/mol. The first kappa shape index (κ1) is 22.2. The first-order valence-electron chi connectivity index (χ1n) is 10.2. The summed E-state index contributed by atoms with van der Waals surface area (Å²) in [5.74, 6) is -0.718. The average molecular weight is 421 g/mol. The molecule has 0 aliphatic heterocycles. The number of nitrogens with zero attached hydrogens (tertiary/aromatic N) is 1. The van der Waals surface area contributed by atoms with Crippen LogP contribution in [0.1, 0.15) is 54.2 Å². The number of aromatic nitrogens is 1. The van der Waals surface area contributed by atoms with E-state index in [1.807, 2.05) is 36.5 Å². The highest BCUT2D eigenvalue weighted by molar-refractivity contribution is 5.93. The topological polar surface area (TPSA) is 77.8 Å². The number of rotatable bonds is 8. The average Bonchev–Trinajstić information content (AvgIpc) is 3.19. The Morgan fingerprint density at radius 1 is 1.13 bits per heavy atom. The van der Waals surface area contributed by atoms with E-state index >= 15 is 0 Å². The normalized spacial score (nSPS) is 12.6. The Labute approximate surface area is 181 Å². The Morgan fingerprint density at radius 2 is 1.90 bits per heavy atom. The summed E-state index contributed by atoms with van der Waals surface area (Å²) in [4.78, 5) is 23.1. The lowest BCUT2D eigenvalue weighted by atomic mass is 9.98. The number of carbonyl (C=O) groups is 2. The van der Waals surface area contributed by atoms with E-state index in [1.54, 1.807) is 32.2 Å². The van der Waals surface area contributed by atoms with E-state index in [2.05, 4.69) is 11.5 Å². The van der Waals surface area contributed by atoms with Crippen LogP contribution in [0.3, 0.4) is 0 Å². The Bertz CT molecular complexity index is 1140. The number of hydrogen-bond donors (Lipinski definition) is 1. The molecule has 0 spiro atoms. The molecular formula is C25H27NO5. The van der Waals surface area contributed by atoms with Crippen LogP contribution in [0.25, 0.3) is 17.0 Å². The zero-order valence-electron chi connectivity index (χ0n) is 18.2. The van der Waals surface area contributed by atoms with Crippen LogP contribution in [0.5, 0.6) is 5.75 Å². The van der Waals surface area contributed by atoms with Crippen molar-refractivity contribution < 1.29 is 24.2 Å². The van der Waals surface area contributed by atoms with Crippen molar-refractivity contribution in [2.24, 2.45) is 0 Å². The zero-order valence-corrected chi connectivity index (χ0v) is 18.2. The van der Waals surface area contributed by atoms with Gasteiger partial charge in [-0.3, -0.25) is 0 Å². The minimum Gasteiger partial charge on any atom is -0.496 e. The van der Waals surface area contributed by atoms with Gasteiger partial charge in [-0.2, -0.15) is 0 Å². The summed E-state index contributed by atoms with van der Waals surface area (Å²) in [5, 5.41) is 10.3. The number of methoxy groups -OCH3 is 2. The predicted octanol–water partition coefficient (Wildman–Crippen LogP) is 5.31. The number of aliphatic carboxylic acids is 1. The number of benzene rings is 2. The third-order valence-corrected chi connectivity index (χ3v) is 5.38. The molecule has 0 aliphatic carbocycles. The Morgan fingerprint density at radius 3 is 2.55 bits per heavy atom. The second kappa shape index (κ2) is 9.51. The molecule has 1 N–H and O–H groups in total. The minimum absolute atomic E-state index is 0.0102. The van der Waals surface area contributed by atoms with Crippen molar-refractivity contribution >= 4 is 28.9 Å². The molecule has 0 fully saturated rings. The quantitative estimate of drug-likeness (QED) is 0.394. The summed E-state index contributed by atoms with van der Waals surface area (Å²) < 4.78 is 12.6. The fourth-order valence-corrected chi connectivity index (χ4v) is 3.79. The van der Waals surface area contributed by atoms with Crippen LogP contribution in [0, 0.1) is 0 Å². The molecule has 3 aromatic rings. The van der Waals surface area contributed by atoms with Crippen molar-refractivity contribution in [1.82, 2.24) is 4.57 Å². The van der Waals surface area contributed by atoms with E-state index in [0.717, 1.165) is 34.9 Å². The van der Waals surface area contributed by atoms with Crippen LogP contribution in [0.4, 0.5) is 0 Å². The highest BCUT2D eigenvalue weighted by Gasteiger charge is 2.21. The Balaban J connectivity index is 2.12. The highest BCUT2D eigenvalue weighted by Crippen LogP contribution is 2.35. The van der Waals surface area contributed by atoms with Gasteiger partial charge < -0.3 is 19.1 Å². The molecule has 0 radical (unpaired) electrons. The lowest BCUT2D eigenvalue weighted by Crippen LogP contribution is -2.12. The fourth-order valence-electron chi connectivity index (χ4n) is 3.79. The Hall–Kier alpha value is -3.54. The first-order chi connectivity index (χ1) is 14.9. The van der Waals surface area contributed by atoms with Crippen molar-refractivity contribution in [2.75, 3.05) is 14.2 Å². The van der Waals surface area contributed by atoms with Gasteiger partial charge in [0, 0.05) is 22.9 Å². The van der Waals surface area contributed by atoms with Gasteiger partial charge in [0.1, 0.15) is 5.75 Å². The highest BCUT2D eigenvalue weighted by atomic mass is 16.5. The Kier molecular flexibility index (Phi) is 6.80. The van der Waals surface area contributed by atoms with Gasteiger partial charge >= 0.3 is 11.9 Å². The van der Waals surface area contributed by atoms with E-state index in [1.165, 1.54) is 7.11 Å². The van der Waals surface area contributed by atoms with Crippen LogP contribution < -0.4 is 4.74 Å². The number of hydrogen-bond acceptors (Lipinski definition) is 4. The number of carboxylic acids is 1. The van der Waals surface area contributed by atoms with Crippen molar-refractivity contribution in [1.29, 1.82) is 0 Å². The van der Waals surface area contributed by atoms with Crippen LogP contribution in [-0.2, 0) is 9.53 Å². The van der Waals surface area contributed by atoms with Crippen LogP contribution >= 0.6 is 0 Å².